The number of halogens is 3. The maximum Gasteiger partial charge on any atom is 0.573 e. The summed E-state index contributed by atoms with van der Waals surface area (Å²) in [6.07, 6.45) is -3.20. The van der Waals surface area contributed by atoms with E-state index in [2.05, 4.69) is 20.4 Å². The molecule has 35 heavy (non-hydrogen) atoms. The van der Waals surface area contributed by atoms with Crippen LogP contribution in [-0.4, -0.2) is 41.5 Å². The number of amides is 1. The number of nitrogens with one attached hydrogen (secondary N) is 2. The van der Waals surface area contributed by atoms with Gasteiger partial charge in [0, 0.05) is 18.3 Å². The van der Waals surface area contributed by atoms with Gasteiger partial charge in [0.2, 0.25) is 0 Å². The van der Waals surface area contributed by atoms with E-state index in [-0.39, 0.29) is 23.6 Å². The lowest BCUT2D eigenvalue weighted by molar-refractivity contribution is -0.274. The topological polar surface area (TPSA) is 110 Å². The summed E-state index contributed by atoms with van der Waals surface area (Å²) < 4.78 is 46.3. The van der Waals surface area contributed by atoms with Crippen molar-refractivity contribution in [2.75, 3.05) is 12.4 Å². The van der Waals surface area contributed by atoms with Crippen molar-refractivity contribution < 1.29 is 37.3 Å². The van der Waals surface area contributed by atoms with Gasteiger partial charge in [0.1, 0.15) is 23.4 Å². The first kappa shape index (κ1) is 25.3. The lowest BCUT2D eigenvalue weighted by Crippen LogP contribution is -2.38. The summed E-state index contributed by atoms with van der Waals surface area (Å²) in [6.45, 7) is 1.57. The molecule has 1 aromatic heterocycles. The van der Waals surface area contributed by atoms with Crippen LogP contribution in [0.15, 0.2) is 60.8 Å². The highest BCUT2D eigenvalue weighted by atomic mass is 19.4. The monoisotopic (exact) mass is 489 g/mol. The van der Waals surface area contributed by atoms with E-state index in [0.29, 0.717) is 22.5 Å². The van der Waals surface area contributed by atoms with E-state index in [1.54, 1.807) is 42.6 Å². The second-order valence-corrected chi connectivity index (χ2v) is 7.43. The highest BCUT2D eigenvalue weighted by Crippen LogP contribution is 2.27. The Labute approximate surface area is 198 Å². The average Bonchev–Trinajstić information content (AvgIpc) is 2.81. The minimum absolute atomic E-state index is 0.168. The molecule has 3 aromatic rings. The zero-order valence-electron chi connectivity index (χ0n) is 18.7. The summed E-state index contributed by atoms with van der Waals surface area (Å²) in [4.78, 5) is 27.9. The maximum atomic E-state index is 12.5. The highest BCUT2D eigenvalue weighted by molar-refractivity contribution is 6.00. The van der Waals surface area contributed by atoms with Crippen LogP contribution in [0.25, 0.3) is 11.1 Å². The molecule has 3 rings (SSSR count). The fraction of sp³-hybridized carbons (Fsp3) is 0.208. The smallest absolute Gasteiger partial charge is 0.496 e. The number of hydrogen-bond donors (Lipinski definition) is 3. The van der Waals surface area contributed by atoms with Crippen LogP contribution in [0.5, 0.6) is 11.5 Å². The summed E-state index contributed by atoms with van der Waals surface area (Å²) in [5.74, 6) is -1.30. The molecule has 1 amide bonds. The number of hydrogen-bond acceptors (Lipinski definition) is 6. The largest absolute Gasteiger partial charge is 0.573 e. The minimum Gasteiger partial charge on any atom is -0.496 e. The number of methoxy groups -OCH3 is 1. The number of anilines is 1. The van der Waals surface area contributed by atoms with Crippen molar-refractivity contribution in [3.8, 4) is 22.6 Å². The van der Waals surface area contributed by atoms with Gasteiger partial charge in [0.25, 0.3) is 5.91 Å². The number of carbonyl (C=O) groups excluding carboxylic acids is 1. The fourth-order valence-corrected chi connectivity index (χ4v) is 3.12. The van der Waals surface area contributed by atoms with E-state index in [4.69, 9.17) is 9.84 Å². The van der Waals surface area contributed by atoms with Crippen molar-refractivity contribution in [1.29, 1.82) is 0 Å². The van der Waals surface area contributed by atoms with Gasteiger partial charge in [-0.05, 0) is 54.4 Å². The number of carbonyl (C=O) groups is 2. The van der Waals surface area contributed by atoms with Crippen molar-refractivity contribution in [2.24, 2.45) is 0 Å². The molecule has 8 nitrogen and oxygen atoms in total. The Bertz CT molecular complexity index is 1200. The van der Waals surface area contributed by atoms with E-state index >= 15 is 0 Å². The van der Waals surface area contributed by atoms with Crippen LogP contribution in [0.1, 0.15) is 22.8 Å². The molecule has 184 valence electrons. The van der Waals surface area contributed by atoms with Gasteiger partial charge in [0.05, 0.1) is 12.7 Å². The molecule has 0 aliphatic heterocycles. The van der Waals surface area contributed by atoms with Crippen molar-refractivity contribution >= 4 is 17.7 Å². The van der Waals surface area contributed by atoms with Gasteiger partial charge in [-0.15, -0.1) is 13.2 Å². The molecule has 2 aromatic carbocycles. The molecule has 0 aliphatic carbocycles. The first-order valence-electron chi connectivity index (χ1n) is 10.3. The number of alkyl halides is 3. The normalized spacial score (nSPS) is 11.9. The van der Waals surface area contributed by atoms with E-state index in [1.807, 2.05) is 0 Å². The van der Waals surface area contributed by atoms with Crippen LogP contribution >= 0.6 is 0 Å². The Morgan fingerprint density at radius 1 is 1.09 bits per heavy atom. The number of ether oxygens (including phenoxy) is 2. The molecule has 0 bridgehead atoms. The maximum absolute atomic E-state index is 12.5. The number of benzene rings is 2. The molecule has 0 aliphatic rings. The van der Waals surface area contributed by atoms with Crippen LogP contribution in [0.2, 0.25) is 0 Å². The van der Waals surface area contributed by atoms with E-state index < -0.39 is 24.3 Å². The summed E-state index contributed by atoms with van der Waals surface area (Å²) in [7, 11) is 1.40. The third-order valence-corrected chi connectivity index (χ3v) is 4.86. The molecule has 0 radical (unpaired) electrons. The fourth-order valence-electron chi connectivity index (χ4n) is 3.12. The first-order valence-corrected chi connectivity index (χ1v) is 10.3. The molecule has 0 spiro atoms. The third kappa shape index (κ3) is 7.10. The van der Waals surface area contributed by atoms with Crippen LogP contribution in [-0.2, 0) is 11.3 Å². The van der Waals surface area contributed by atoms with Gasteiger partial charge in [-0.25, -0.2) is 4.98 Å². The van der Waals surface area contributed by atoms with Gasteiger partial charge >= 0.3 is 12.3 Å². The summed E-state index contributed by atoms with van der Waals surface area (Å²) in [5.41, 5.74) is 2.06. The van der Waals surface area contributed by atoms with Crippen LogP contribution < -0.4 is 20.1 Å². The van der Waals surface area contributed by atoms with Crippen LogP contribution in [0.4, 0.5) is 19.0 Å². The molecular weight excluding hydrogens is 467 g/mol. The van der Waals surface area contributed by atoms with Gasteiger partial charge < -0.3 is 25.2 Å². The molecule has 0 saturated heterocycles. The van der Waals surface area contributed by atoms with Gasteiger partial charge in [-0.2, -0.15) is 0 Å². The Kier molecular flexibility index (Phi) is 7.80. The molecule has 1 atom stereocenters. The number of rotatable bonds is 9. The number of carboxylic acids is 1. The summed E-state index contributed by atoms with van der Waals surface area (Å²) in [5, 5.41) is 14.4. The third-order valence-electron chi connectivity index (χ3n) is 4.86. The van der Waals surface area contributed by atoms with E-state index in [9.17, 15) is 22.8 Å². The van der Waals surface area contributed by atoms with E-state index in [0.717, 1.165) is 0 Å². The molecule has 0 fully saturated rings. The summed E-state index contributed by atoms with van der Waals surface area (Å²) in [6, 6.07) is 12.9. The molecule has 3 N–H and O–H groups in total. The van der Waals surface area contributed by atoms with Crippen molar-refractivity contribution in [3.63, 3.8) is 0 Å². The number of carboxylic acid groups (broad SMARTS) is 1. The predicted octanol–water partition coefficient (Wildman–Crippen LogP) is 4.47. The summed E-state index contributed by atoms with van der Waals surface area (Å²) >= 11 is 0. The Balaban J connectivity index is 1.71. The van der Waals surface area contributed by atoms with E-state index in [1.165, 1.54) is 32.2 Å². The van der Waals surface area contributed by atoms with Crippen molar-refractivity contribution in [3.05, 3.63) is 71.9 Å². The number of aliphatic carboxylic acids is 1. The van der Waals surface area contributed by atoms with Crippen LogP contribution in [0, 0.1) is 0 Å². The van der Waals surface area contributed by atoms with Gasteiger partial charge in [-0.3, -0.25) is 9.59 Å². The average molecular weight is 489 g/mol. The first-order chi connectivity index (χ1) is 16.6. The Morgan fingerprint density at radius 3 is 2.46 bits per heavy atom. The lowest BCUT2D eigenvalue weighted by Gasteiger charge is -2.14. The van der Waals surface area contributed by atoms with Crippen molar-refractivity contribution in [2.45, 2.75) is 25.9 Å². The zero-order valence-corrected chi connectivity index (χ0v) is 18.7. The molecule has 1 unspecified atom stereocenters. The predicted molar refractivity (Wildman–Crippen MR) is 121 cm³/mol. The van der Waals surface area contributed by atoms with Crippen LogP contribution in [0.3, 0.4) is 0 Å². The number of aromatic nitrogens is 1. The highest BCUT2D eigenvalue weighted by Gasteiger charge is 2.31. The lowest BCUT2D eigenvalue weighted by atomic mass is 10.0. The standard InChI is InChI=1S/C24H22F3N3O5/c1-14(23(32)33)30-22(31)19-11-16(6-8-20(19)34-2)17-7-9-21(29-13-17)28-12-15-4-3-5-18(10-15)35-24(25,26)27/h3-11,13-14H,12H2,1-2H3,(H,28,29)(H,30,31)(H,32,33). The van der Waals surface area contributed by atoms with Crippen molar-refractivity contribution in [1.82, 2.24) is 10.3 Å². The molecule has 0 saturated carbocycles. The molecular formula is C24H22F3N3O5. The zero-order chi connectivity index (χ0) is 25.6. The Morgan fingerprint density at radius 2 is 1.83 bits per heavy atom. The SMILES string of the molecule is COc1ccc(-c2ccc(NCc3cccc(OC(F)(F)F)c3)nc2)cc1C(=O)NC(C)C(=O)O. The quantitative estimate of drug-likeness (QED) is 0.407. The molecule has 1 heterocycles. The van der Waals surface area contributed by atoms with Gasteiger partial charge in [0.15, 0.2) is 0 Å². The second kappa shape index (κ2) is 10.8. The number of nitrogens with zero attached hydrogens (tertiary/aromatic N) is 1. The van der Waals surface area contributed by atoms with Gasteiger partial charge in [-0.1, -0.05) is 18.2 Å². The second-order valence-electron chi connectivity index (χ2n) is 7.43. The minimum atomic E-state index is -4.76. The molecule has 11 heteroatoms. The number of pyridine rings is 1. The Hall–Kier alpha value is -4.28.